The second kappa shape index (κ2) is 6.89. The number of nitrogens with zero attached hydrogens (tertiary/aromatic N) is 2. The van der Waals surface area contributed by atoms with E-state index in [1.165, 1.54) is 4.90 Å². The first-order valence-corrected chi connectivity index (χ1v) is 10.1. The van der Waals surface area contributed by atoms with Crippen molar-refractivity contribution >= 4 is 23.5 Å². The lowest BCUT2D eigenvalue weighted by Crippen LogP contribution is -2.41. The monoisotopic (exact) mass is 417 g/mol. The summed E-state index contributed by atoms with van der Waals surface area (Å²) < 4.78 is 5.64. The third-order valence-electron chi connectivity index (χ3n) is 5.79. The molecule has 1 atom stereocenters. The van der Waals surface area contributed by atoms with Crippen LogP contribution in [0.4, 0.5) is 0 Å². The molecular weight excluding hydrogens is 398 g/mol. The Labute approximate surface area is 179 Å². The van der Waals surface area contributed by atoms with E-state index in [4.69, 9.17) is 27.1 Å². The van der Waals surface area contributed by atoms with E-state index in [0.717, 1.165) is 40.0 Å². The molecule has 3 aromatic carbocycles. The second-order valence-corrected chi connectivity index (χ2v) is 7.99. The molecule has 2 aliphatic rings. The van der Waals surface area contributed by atoms with Crippen molar-refractivity contribution in [2.45, 2.75) is 12.0 Å². The van der Waals surface area contributed by atoms with E-state index in [1.54, 1.807) is 7.05 Å². The number of amides is 1. The molecule has 3 aromatic rings. The normalized spacial score (nSPS) is 20.1. The van der Waals surface area contributed by atoms with Crippen LogP contribution in [0.3, 0.4) is 0 Å². The molecule has 1 amide bonds. The number of benzene rings is 3. The summed E-state index contributed by atoms with van der Waals surface area (Å²) in [5, 5.41) is 0.658. The van der Waals surface area contributed by atoms with Gasteiger partial charge in [-0.15, -0.1) is 0 Å². The van der Waals surface area contributed by atoms with E-state index in [1.807, 2.05) is 66.7 Å². The van der Waals surface area contributed by atoms with Gasteiger partial charge in [-0.2, -0.15) is 0 Å². The van der Waals surface area contributed by atoms with Crippen LogP contribution in [0.2, 0.25) is 5.02 Å². The molecule has 0 bridgehead atoms. The van der Waals surface area contributed by atoms with Gasteiger partial charge in [-0.05, 0) is 58.1 Å². The van der Waals surface area contributed by atoms with Crippen molar-refractivity contribution in [3.8, 4) is 16.9 Å². The summed E-state index contributed by atoms with van der Waals surface area (Å²) in [4.78, 5) is 19.6. The summed E-state index contributed by atoms with van der Waals surface area (Å²) >= 11 is 6.19. The summed E-state index contributed by atoms with van der Waals surface area (Å²) in [5.74, 6) is 0.879. The lowest BCUT2D eigenvalue weighted by atomic mass is 9.81. The summed E-state index contributed by atoms with van der Waals surface area (Å²) in [6, 6.07) is 21.3. The first kappa shape index (κ1) is 18.7. The molecule has 150 valence electrons. The molecule has 2 aliphatic heterocycles. The predicted molar refractivity (Wildman–Crippen MR) is 118 cm³/mol. The van der Waals surface area contributed by atoms with Crippen LogP contribution in [-0.4, -0.2) is 30.4 Å². The number of carbonyl (C=O) groups is 1. The van der Waals surface area contributed by atoms with Crippen molar-refractivity contribution in [3.63, 3.8) is 0 Å². The van der Waals surface area contributed by atoms with Crippen LogP contribution in [0.5, 0.6) is 5.75 Å². The maximum absolute atomic E-state index is 13.5. The third kappa shape index (κ3) is 2.77. The number of halogens is 1. The van der Waals surface area contributed by atoms with Gasteiger partial charge < -0.3 is 10.5 Å². The molecule has 0 spiro atoms. The Hall–Kier alpha value is -3.31. The van der Waals surface area contributed by atoms with Gasteiger partial charge in [0.25, 0.3) is 5.91 Å². The SMILES string of the molecule is CN1C(=O)C(c2cccc(-c3cccc(Cl)c3)c2)(c2ccc3c(c2)CCO3)N=C1N. The van der Waals surface area contributed by atoms with Gasteiger partial charge in [0.2, 0.25) is 0 Å². The molecular formula is C24H20ClN3O2. The standard InChI is InChI=1S/C24H20ClN3O2/c1-28-22(29)24(27-23(28)26,19-8-9-21-17(13-19)10-11-30-21)18-6-2-4-15(12-18)16-5-3-7-20(25)14-16/h2-9,12-14H,10-11H2,1H3,(H2,26,27). The fraction of sp³-hybridized carbons (Fsp3) is 0.167. The number of hydrogen-bond donors (Lipinski definition) is 1. The number of likely N-dealkylation sites (N-methyl/N-ethyl adjacent to an activating group) is 1. The Morgan fingerprint density at radius 1 is 1.03 bits per heavy atom. The Morgan fingerprint density at radius 3 is 2.50 bits per heavy atom. The topological polar surface area (TPSA) is 67.9 Å². The number of guanidine groups is 1. The predicted octanol–water partition coefficient (Wildman–Crippen LogP) is 3.97. The van der Waals surface area contributed by atoms with Crippen LogP contribution in [0.1, 0.15) is 16.7 Å². The van der Waals surface area contributed by atoms with Gasteiger partial charge in [0.1, 0.15) is 5.75 Å². The van der Waals surface area contributed by atoms with Crippen LogP contribution in [0.25, 0.3) is 11.1 Å². The zero-order valence-corrected chi connectivity index (χ0v) is 17.2. The molecule has 0 aromatic heterocycles. The third-order valence-corrected chi connectivity index (χ3v) is 6.02. The van der Waals surface area contributed by atoms with Crippen molar-refractivity contribution in [1.29, 1.82) is 0 Å². The number of nitrogens with two attached hydrogens (primary N) is 1. The Bertz CT molecular complexity index is 1210. The fourth-order valence-corrected chi connectivity index (χ4v) is 4.38. The largest absolute Gasteiger partial charge is 0.493 e. The molecule has 5 rings (SSSR count). The average molecular weight is 418 g/mol. The minimum absolute atomic E-state index is 0.179. The molecule has 5 nitrogen and oxygen atoms in total. The van der Waals surface area contributed by atoms with Crippen LogP contribution in [-0.2, 0) is 16.8 Å². The molecule has 2 heterocycles. The van der Waals surface area contributed by atoms with Crippen molar-refractivity contribution < 1.29 is 9.53 Å². The van der Waals surface area contributed by atoms with E-state index < -0.39 is 5.54 Å². The first-order valence-electron chi connectivity index (χ1n) is 9.75. The average Bonchev–Trinajstić information content (AvgIpc) is 3.32. The van der Waals surface area contributed by atoms with E-state index in [0.29, 0.717) is 11.6 Å². The highest BCUT2D eigenvalue weighted by atomic mass is 35.5. The molecule has 6 heteroatoms. The minimum Gasteiger partial charge on any atom is -0.493 e. The number of fused-ring (bicyclic) bond motifs is 1. The summed E-state index contributed by atoms with van der Waals surface area (Å²) in [5.41, 5.74) is 9.43. The van der Waals surface area contributed by atoms with Gasteiger partial charge in [0.05, 0.1) is 6.61 Å². The number of hydrogen-bond acceptors (Lipinski definition) is 4. The van der Waals surface area contributed by atoms with E-state index >= 15 is 0 Å². The summed E-state index contributed by atoms with van der Waals surface area (Å²) in [6.07, 6.45) is 0.811. The fourth-order valence-electron chi connectivity index (χ4n) is 4.19. The quantitative estimate of drug-likeness (QED) is 0.701. The second-order valence-electron chi connectivity index (χ2n) is 7.56. The smallest absolute Gasteiger partial charge is 0.266 e. The first-order chi connectivity index (χ1) is 14.5. The number of aliphatic imine (C=N–C) groups is 1. The van der Waals surface area contributed by atoms with Crippen molar-refractivity contribution in [2.24, 2.45) is 10.7 Å². The van der Waals surface area contributed by atoms with Crippen LogP contribution < -0.4 is 10.5 Å². The summed E-state index contributed by atoms with van der Waals surface area (Å²) in [6.45, 7) is 0.648. The summed E-state index contributed by atoms with van der Waals surface area (Å²) in [7, 11) is 1.65. The van der Waals surface area contributed by atoms with Crippen LogP contribution in [0, 0.1) is 0 Å². The van der Waals surface area contributed by atoms with Crippen LogP contribution in [0.15, 0.2) is 71.7 Å². The zero-order valence-electron chi connectivity index (χ0n) is 16.4. The van der Waals surface area contributed by atoms with Crippen molar-refractivity contribution in [3.05, 3.63) is 88.4 Å². The van der Waals surface area contributed by atoms with Gasteiger partial charge in [-0.1, -0.05) is 48.0 Å². The molecule has 30 heavy (non-hydrogen) atoms. The molecule has 0 fully saturated rings. The number of rotatable bonds is 3. The number of carbonyl (C=O) groups excluding carboxylic acids is 1. The van der Waals surface area contributed by atoms with E-state index in [-0.39, 0.29) is 11.9 Å². The molecule has 2 N–H and O–H groups in total. The van der Waals surface area contributed by atoms with E-state index in [9.17, 15) is 4.79 Å². The highest BCUT2D eigenvalue weighted by Gasteiger charge is 2.49. The number of ether oxygens (including phenoxy) is 1. The molecule has 1 unspecified atom stereocenters. The van der Waals surface area contributed by atoms with Crippen LogP contribution >= 0.6 is 11.6 Å². The maximum Gasteiger partial charge on any atom is 0.266 e. The lowest BCUT2D eigenvalue weighted by Gasteiger charge is -2.27. The molecule has 0 saturated heterocycles. The highest BCUT2D eigenvalue weighted by Crippen LogP contribution is 2.42. The van der Waals surface area contributed by atoms with E-state index in [2.05, 4.69) is 0 Å². The zero-order chi connectivity index (χ0) is 20.9. The van der Waals surface area contributed by atoms with Gasteiger partial charge in [-0.25, -0.2) is 4.99 Å². The maximum atomic E-state index is 13.5. The highest BCUT2D eigenvalue weighted by molar-refractivity contribution is 6.30. The van der Waals surface area contributed by atoms with Gasteiger partial charge >= 0.3 is 0 Å². The minimum atomic E-state index is -1.23. The van der Waals surface area contributed by atoms with Gasteiger partial charge in [0, 0.05) is 18.5 Å². The van der Waals surface area contributed by atoms with Gasteiger partial charge in [-0.3, -0.25) is 9.69 Å². The Morgan fingerprint density at radius 2 is 1.77 bits per heavy atom. The Balaban J connectivity index is 1.71. The van der Waals surface area contributed by atoms with Gasteiger partial charge in [0.15, 0.2) is 11.5 Å². The molecule has 0 saturated carbocycles. The molecule has 0 radical (unpaired) electrons. The molecule has 0 aliphatic carbocycles. The lowest BCUT2D eigenvalue weighted by molar-refractivity contribution is -0.129. The van der Waals surface area contributed by atoms with Crippen molar-refractivity contribution in [2.75, 3.05) is 13.7 Å². The van der Waals surface area contributed by atoms with Crippen molar-refractivity contribution in [1.82, 2.24) is 4.90 Å². The Kier molecular flexibility index (Phi) is 4.29.